The average molecular weight is 335 g/mol. The molecule has 0 fully saturated rings. The molecule has 2 rings (SSSR count). The van der Waals surface area contributed by atoms with Crippen molar-refractivity contribution in [3.8, 4) is 11.5 Å². The Kier molecular flexibility index (Phi) is 6.54. The highest BCUT2D eigenvalue weighted by Gasteiger charge is 2.08. The number of nitrogens with one attached hydrogen (secondary N) is 1. The zero-order valence-corrected chi connectivity index (χ0v) is 13.4. The van der Waals surface area contributed by atoms with Crippen molar-refractivity contribution in [3.05, 3.63) is 54.1 Å². The van der Waals surface area contributed by atoms with Crippen LogP contribution in [0.4, 0.5) is 14.5 Å². The van der Waals surface area contributed by atoms with Crippen LogP contribution in [0.2, 0.25) is 0 Å². The maximum atomic E-state index is 13.4. The molecule has 2 aromatic rings. The first-order chi connectivity index (χ1) is 11.6. The summed E-state index contributed by atoms with van der Waals surface area (Å²) in [5.74, 6) is -0.381. The molecule has 0 spiro atoms. The second-order valence-electron chi connectivity index (χ2n) is 5.03. The van der Waals surface area contributed by atoms with Crippen LogP contribution in [0.3, 0.4) is 0 Å². The quantitative estimate of drug-likeness (QED) is 0.737. The van der Waals surface area contributed by atoms with E-state index in [2.05, 4.69) is 5.32 Å². The van der Waals surface area contributed by atoms with E-state index in [9.17, 15) is 13.6 Å². The van der Waals surface area contributed by atoms with Gasteiger partial charge in [-0.1, -0.05) is 0 Å². The molecule has 0 unspecified atom stereocenters. The van der Waals surface area contributed by atoms with Gasteiger partial charge >= 0.3 is 0 Å². The molecule has 0 radical (unpaired) electrons. The number of benzene rings is 2. The fourth-order valence-electron chi connectivity index (χ4n) is 2.03. The summed E-state index contributed by atoms with van der Waals surface area (Å²) in [4.78, 5) is 11.7. The number of carbonyl (C=O) groups excluding carboxylic acids is 1. The van der Waals surface area contributed by atoms with Crippen LogP contribution >= 0.6 is 0 Å². The van der Waals surface area contributed by atoms with Crippen molar-refractivity contribution >= 4 is 11.6 Å². The number of amides is 1. The van der Waals surface area contributed by atoms with Gasteiger partial charge in [0.05, 0.1) is 18.9 Å². The Balaban J connectivity index is 1.70. The fraction of sp³-hybridized carbons (Fsp3) is 0.278. The lowest BCUT2D eigenvalue weighted by Crippen LogP contribution is -2.13. The summed E-state index contributed by atoms with van der Waals surface area (Å²) in [5.41, 5.74) is -0.0335. The Morgan fingerprint density at radius 1 is 1.04 bits per heavy atom. The van der Waals surface area contributed by atoms with Gasteiger partial charge in [0.2, 0.25) is 5.91 Å². The smallest absolute Gasteiger partial charge is 0.224 e. The van der Waals surface area contributed by atoms with Crippen molar-refractivity contribution in [2.45, 2.75) is 19.8 Å². The van der Waals surface area contributed by atoms with E-state index in [0.717, 1.165) is 17.9 Å². The van der Waals surface area contributed by atoms with E-state index in [4.69, 9.17) is 9.47 Å². The third-order valence-electron chi connectivity index (χ3n) is 3.16. The maximum Gasteiger partial charge on any atom is 0.224 e. The molecule has 0 aliphatic rings. The monoisotopic (exact) mass is 335 g/mol. The number of carbonyl (C=O) groups is 1. The minimum atomic E-state index is -0.797. The molecule has 0 saturated carbocycles. The van der Waals surface area contributed by atoms with Crippen LogP contribution in [0.1, 0.15) is 19.8 Å². The van der Waals surface area contributed by atoms with Crippen molar-refractivity contribution in [2.24, 2.45) is 0 Å². The summed E-state index contributed by atoms with van der Waals surface area (Å²) >= 11 is 0. The van der Waals surface area contributed by atoms with Gasteiger partial charge in [-0.2, -0.15) is 0 Å². The van der Waals surface area contributed by atoms with E-state index < -0.39 is 11.6 Å². The molecular formula is C18H19F2NO3. The number of halogens is 2. The minimum Gasteiger partial charge on any atom is -0.494 e. The van der Waals surface area contributed by atoms with Crippen LogP contribution in [-0.2, 0) is 4.79 Å². The van der Waals surface area contributed by atoms with Crippen molar-refractivity contribution in [3.63, 3.8) is 0 Å². The second-order valence-corrected chi connectivity index (χ2v) is 5.03. The molecule has 0 saturated heterocycles. The number of hydrogen-bond acceptors (Lipinski definition) is 3. The van der Waals surface area contributed by atoms with E-state index >= 15 is 0 Å². The Morgan fingerprint density at radius 2 is 1.71 bits per heavy atom. The van der Waals surface area contributed by atoms with Crippen LogP contribution in [0.15, 0.2) is 42.5 Å². The molecular weight excluding hydrogens is 316 g/mol. The standard InChI is InChI=1S/C18H19F2NO3/c1-2-23-14-6-8-15(9-7-14)24-11-3-4-18(22)21-17-10-5-13(19)12-16(17)20/h5-10,12H,2-4,11H2,1H3,(H,21,22). The van der Waals surface area contributed by atoms with Gasteiger partial charge in [0, 0.05) is 12.5 Å². The number of rotatable bonds is 8. The van der Waals surface area contributed by atoms with Gasteiger partial charge in [0.1, 0.15) is 23.1 Å². The van der Waals surface area contributed by atoms with Gasteiger partial charge in [-0.25, -0.2) is 8.78 Å². The Labute approximate surface area is 139 Å². The zero-order chi connectivity index (χ0) is 17.4. The highest BCUT2D eigenvalue weighted by atomic mass is 19.1. The Bertz CT molecular complexity index is 674. The van der Waals surface area contributed by atoms with Crippen LogP contribution in [0.25, 0.3) is 0 Å². The largest absolute Gasteiger partial charge is 0.494 e. The molecule has 0 atom stereocenters. The van der Waals surface area contributed by atoms with Crippen molar-refractivity contribution in [1.29, 1.82) is 0 Å². The van der Waals surface area contributed by atoms with Gasteiger partial charge in [-0.15, -0.1) is 0 Å². The molecule has 24 heavy (non-hydrogen) atoms. The van der Waals surface area contributed by atoms with Gasteiger partial charge in [-0.3, -0.25) is 4.79 Å². The Morgan fingerprint density at radius 3 is 2.33 bits per heavy atom. The summed E-state index contributed by atoms with van der Waals surface area (Å²) in [6.45, 7) is 2.87. The highest BCUT2D eigenvalue weighted by molar-refractivity contribution is 5.90. The summed E-state index contributed by atoms with van der Waals surface area (Å²) in [6, 6.07) is 10.2. The van der Waals surface area contributed by atoms with Crippen LogP contribution in [0, 0.1) is 11.6 Å². The molecule has 0 bridgehead atoms. The zero-order valence-electron chi connectivity index (χ0n) is 13.4. The van der Waals surface area contributed by atoms with E-state index in [1.54, 1.807) is 12.1 Å². The SMILES string of the molecule is CCOc1ccc(OCCCC(=O)Nc2ccc(F)cc2F)cc1. The maximum absolute atomic E-state index is 13.4. The summed E-state index contributed by atoms with van der Waals surface area (Å²) in [5, 5.41) is 2.40. The molecule has 1 N–H and O–H groups in total. The van der Waals surface area contributed by atoms with Crippen molar-refractivity contribution < 1.29 is 23.0 Å². The first-order valence-corrected chi connectivity index (χ1v) is 7.69. The Hall–Kier alpha value is -2.63. The first kappa shape index (κ1) is 17.7. The second kappa shape index (κ2) is 8.86. The van der Waals surface area contributed by atoms with Crippen LogP contribution in [-0.4, -0.2) is 19.1 Å². The molecule has 4 nitrogen and oxygen atoms in total. The molecule has 1 amide bonds. The fourth-order valence-corrected chi connectivity index (χ4v) is 2.03. The summed E-state index contributed by atoms with van der Waals surface area (Å²) in [7, 11) is 0. The predicted molar refractivity (Wildman–Crippen MR) is 87.3 cm³/mol. The molecule has 0 heterocycles. The van der Waals surface area contributed by atoms with Crippen LogP contribution < -0.4 is 14.8 Å². The predicted octanol–water partition coefficient (Wildman–Crippen LogP) is 4.16. The molecule has 6 heteroatoms. The third kappa shape index (κ3) is 5.53. The highest BCUT2D eigenvalue weighted by Crippen LogP contribution is 2.18. The van der Waals surface area contributed by atoms with Gasteiger partial charge < -0.3 is 14.8 Å². The van der Waals surface area contributed by atoms with Gasteiger partial charge in [-0.05, 0) is 49.7 Å². The average Bonchev–Trinajstić information content (AvgIpc) is 2.56. The number of anilines is 1. The van der Waals surface area contributed by atoms with E-state index in [-0.39, 0.29) is 18.0 Å². The topological polar surface area (TPSA) is 47.6 Å². The van der Waals surface area contributed by atoms with E-state index in [1.165, 1.54) is 6.07 Å². The number of ether oxygens (including phenoxy) is 2. The molecule has 128 valence electrons. The molecule has 2 aromatic carbocycles. The summed E-state index contributed by atoms with van der Waals surface area (Å²) < 4.78 is 37.1. The lowest BCUT2D eigenvalue weighted by molar-refractivity contribution is -0.116. The van der Waals surface area contributed by atoms with Gasteiger partial charge in [0.15, 0.2) is 0 Å². The number of hydrogen-bond donors (Lipinski definition) is 1. The van der Waals surface area contributed by atoms with Crippen LogP contribution in [0.5, 0.6) is 11.5 Å². The van der Waals surface area contributed by atoms with Crippen molar-refractivity contribution in [1.82, 2.24) is 0 Å². The summed E-state index contributed by atoms with van der Waals surface area (Å²) in [6.07, 6.45) is 0.649. The minimum absolute atomic E-state index is 0.0335. The van der Waals surface area contributed by atoms with Gasteiger partial charge in [0.25, 0.3) is 0 Å². The lowest BCUT2D eigenvalue weighted by atomic mass is 10.2. The van der Waals surface area contributed by atoms with E-state index in [0.29, 0.717) is 25.4 Å². The molecule has 0 aliphatic heterocycles. The van der Waals surface area contributed by atoms with E-state index in [1.807, 2.05) is 19.1 Å². The molecule has 0 aliphatic carbocycles. The normalized spacial score (nSPS) is 10.3. The third-order valence-corrected chi connectivity index (χ3v) is 3.16. The molecule has 0 aromatic heterocycles. The van der Waals surface area contributed by atoms with Crippen molar-refractivity contribution in [2.75, 3.05) is 18.5 Å². The first-order valence-electron chi connectivity index (χ1n) is 7.69. The lowest BCUT2D eigenvalue weighted by Gasteiger charge is -2.08.